The fourth-order valence-corrected chi connectivity index (χ4v) is 4.64. The molecule has 0 spiro atoms. The first-order chi connectivity index (χ1) is 15.4. The lowest BCUT2D eigenvalue weighted by Gasteiger charge is -2.37. The Morgan fingerprint density at radius 3 is 2.59 bits per heavy atom. The summed E-state index contributed by atoms with van der Waals surface area (Å²) in [5.41, 5.74) is 0.0839. The first-order valence-electron chi connectivity index (χ1n) is 11.9. The first-order valence-corrected chi connectivity index (χ1v) is 11.9. The molecule has 2 heterocycles. The van der Waals surface area contributed by atoms with Crippen LogP contribution in [0, 0.1) is 5.82 Å². The van der Waals surface area contributed by atoms with Crippen molar-refractivity contribution in [3.05, 3.63) is 24.0 Å². The number of piperazine rings is 1. The first kappa shape index (κ1) is 23.0. The number of carbonyl (C=O) groups excluding carboxylic acids is 2. The third-order valence-corrected chi connectivity index (χ3v) is 6.57. The van der Waals surface area contributed by atoms with E-state index in [9.17, 15) is 14.0 Å². The number of ether oxygens (including phenoxy) is 1. The van der Waals surface area contributed by atoms with Crippen molar-refractivity contribution in [2.24, 2.45) is 0 Å². The molecular weight excluding hydrogens is 411 g/mol. The number of likely N-dealkylation sites (tertiary alicyclic amines) is 1. The highest BCUT2D eigenvalue weighted by Crippen LogP contribution is 2.31. The molecule has 2 aliphatic heterocycles. The van der Waals surface area contributed by atoms with Crippen LogP contribution in [-0.2, 0) is 9.59 Å². The summed E-state index contributed by atoms with van der Waals surface area (Å²) in [6, 6.07) is 5.09. The van der Waals surface area contributed by atoms with Crippen molar-refractivity contribution in [3.8, 4) is 5.75 Å². The van der Waals surface area contributed by atoms with E-state index in [1.807, 2.05) is 6.92 Å². The molecule has 2 amide bonds. The highest BCUT2D eigenvalue weighted by Gasteiger charge is 2.49. The van der Waals surface area contributed by atoms with Crippen molar-refractivity contribution < 1.29 is 18.7 Å². The van der Waals surface area contributed by atoms with Crippen LogP contribution in [0.2, 0.25) is 0 Å². The molecule has 4 rings (SSSR count). The van der Waals surface area contributed by atoms with Crippen LogP contribution in [0.3, 0.4) is 0 Å². The Hall–Kier alpha value is -2.19. The summed E-state index contributed by atoms with van der Waals surface area (Å²) in [4.78, 5) is 31.2. The van der Waals surface area contributed by atoms with Crippen LogP contribution >= 0.6 is 0 Å². The Bertz CT molecular complexity index is 839. The second-order valence-electron chi connectivity index (χ2n) is 9.42. The molecule has 1 aromatic rings. The molecule has 0 bridgehead atoms. The molecule has 1 unspecified atom stereocenters. The van der Waals surface area contributed by atoms with E-state index in [0.29, 0.717) is 19.2 Å². The number of anilines is 1. The van der Waals surface area contributed by atoms with E-state index in [1.165, 1.54) is 11.0 Å². The third-order valence-electron chi connectivity index (χ3n) is 6.57. The number of imide groups is 1. The smallest absolute Gasteiger partial charge is 0.249 e. The van der Waals surface area contributed by atoms with E-state index in [0.717, 1.165) is 69.8 Å². The topological polar surface area (TPSA) is 65.1 Å². The lowest BCUT2D eigenvalue weighted by atomic mass is 10.0. The molecule has 3 aliphatic rings. The zero-order chi connectivity index (χ0) is 22.7. The van der Waals surface area contributed by atoms with Crippen LogP contribution in [-0.4, -0.2) is 79.1 Å². The maximum Gasteiger partial charge on any atom is 0.249 e. The van der Waals surface area contributed by atoms with E-state index in [2.05, 4.69) is 22.0 Å². The number of rotatable bonds is 10. The molecule has 1 atom stereocenters. The largest absolute Gasteiger partial charge is 0.491 e. The van der Waals surface area contributed by atoms with Gasteiger partial charge >= 0.3 is 0 Å². The summed E-state index contributed by atoms with van der Waals surface area (Å²) in [6.07, 6.45) is 4.11. The van der Waals surface area contributed by atoms with Gasteiger partial charge in [-0.3, -0.25) is 19.4 Å². The van der Waals surface area contributed by atoms with Gasteiger partial charge in [-0.25, -0.2) is 4.39 Å². The Morgan fingerprint density at radius 2 is 1.91 bits per heavy atom. The van der Waals surface area contributed by atoms with Gasteiger partial charge in [0.25, 0.3) is 0 Å². The second-order valence-corrected chi connectivity index (χ2v) is 9.42. The zero-order valence-corrected chi connectivity index (χ0v) is 19.2. The van der Waals surface area contributed by atoms with Gasteiger partial charge in [0.15, 0.2) is 0 Å². The minimum atomic E-state index is -0.730. The number of amides is 2. The summed E-state index contributed by atoms with van der Waals surface area (Å²) in [7, 11) is 0. The van der Waals surface area contributed by atoms with Gasteiger partial charge in [-0.15, -0.1) is 0 Å². The molecule has 2 saturated heterocycles. The Morgan fingerprint density at radius 1 is 1.16 bits per heavy atom. The van der Waals surface area contributed by atoms with Crippen LogP contribution in [0.25, 0.3) is 0 Å². The van der Waals surface area contributed by atoms with Crippen LogP contribution in [0.15, 0.2) is 18.2 Å². The molecule has 1 aromatic carbocycles. The van der Waals surface area contributed by atoms with Crippen molar-refractivity contribution in [2.75, 3.05) is 50.8 Å². The Balaban J connectivity index is 1.24. The average molecular weight is 447 g/mol. The van der Waals surface area contributed by atoms with Crippen LogP contribution in [0.4, 0.5) is 10.1 Å². The summed E-state index contributed by atoms with van der Waals surface area (Å²) in [5, 5.41) is 3.36. The number of halogens is 1. The number of hydrogen-bond donors (Lipinski definition) is 1. The van der Waals surface area contributed by atoms with E-state index >= 15 is 0 Å². The van der Waals surface area contributed by atoms with E-state index in [4.69, 9.17) is 4.74 Å². The van der Waals surface area contributed by atoms with Crippen LogP contribution in [0.5, 0.6) is 5.75 Å². The predicted molar refractivity (Wildman–Crippen MR) is 121 cm³/mol. The molecular formula is C24H35FN4O3. The highest BCUT2D eigenvalue weighted by atomic mass is 19.1. The number of carbonyl (C=O) groups is 2. The Kier molecular flexibility index (Phi) is 7.00. The number of hydrogen-bond acceptors (Lipinski definition) is 6. The van der Waals surface area contributed by atoms with Gasteiger partial charge in [0.2, 0.25) is 11.8 Å². The van der Waals surface area contributed by atoms with Crippen LogP contribution in [0.1, 0.15) is 46.0 Å². The maximum atomic E-state index is 13.8. The second kappa shape index (κ2) is 9.75. The molecule has 0 radical (unpaired) electrons. The summed E-state index contributed by atoms with van der Waals surface area (Å²) < 4.78 is 19.7. The standard InChI is InChI=1S/C24H35FN4O3/c1-3-15-32-21-8-5-18(25)16-20(21)28-13-11-27(12-14-28)9-4-10-29-22(30)17-24(2,23(29)31)26-19-6-7-19/h5,8,16,19,26H,3-4,6-7,9-15,17H2,1-2H3. The third kappa shape index (κ3) is 5.23. The SMILES string of the molecule is CCCOc1ccc(F)cc1N1CCN(CCCN2C(=O)CC(C)(NC3CC3)C2=O)CC1. The van der Waals surface area contributed by atoms with Crippen molar-refractivity contribution in [1.82, 2.24) is 15.1 Å². The van der Waals surface area contributed by atoms with Crippen LogP contribution < -0.4 is 15.0 Å². The maximum absolute atomic E-state index is 13.8. The molecule has 8 heteroatoms. The zero-order valence-electron chi connectivity index (χ0n) is 19.2. The van der Waals surface area contributed by atoms with E-state index in [-0.39, 0.29) is 24.1 Å². The molecule has 1 aliphatic carbocycles. The number of benzene rings is 1. The van der Waals surface area contributed by atoms with E-state index in [1.54, 1.807) is 12.1 Å². The van der Waals surface area contributed by atoms with Crippen molar-refractivity contribution in [2.45, 2.75) is 57.5 Å². The molecule has 1 saturated carbocycles. The molecule has 176 valence electrons. The van der Waals surface area contributed by atoms with Gasteiger partial charge in [0, 0.05) is 44.8 Å². The summed E-state index contributed by atoms with van der Waals surface area (Å²) in [6.45, 7) is 9.11. The van der Waals surface area contributed by atoms with Gasteiger partial charge in [0.1, 0.15) is 17.1 Å². The van der Waals surface area contributed by atoms with E-state index < -0.39 is 5.54 Å². The fraction of sp³-hybridized carbons (Fsp3) is 0.667. The molecule has 32 heavy (non-hydrogen) atoms. The van der Waals surface area contributed by atoms with Gasteiger partial charge < -0.3 is 15.0 Å². The van der Waals surface area contributed by atoms with Crippen molar-refractivity contribution in [3.63, 3.8) is 0 Å². The van der Waals surface area contributed by atoms with Gasteiger partial charge in [-0.05, 0) is 51.3 Å². The minimum absolute atomic E-state index is 0.0683. The molecule has 1 N–H and O–H groups in total. The average Bonchev–Trinajstić information content (AvgIpc) is 3.55. The normalized spacial score (nSPS) is 24.5. The van der Waals surface area contributed by atoms with Gasteiger partial charge in [0.05, 0.1) is 18.7 Å². The van der Waals surface area contributed by atoms with Crippen molar-refractivity contribution in [1.29, 1.82) is 0 Å². The number of nitrogens with one attached hydrogen (secondary N) is 1. The minimum Gasteiger partial charge on any atom is -0.491 e. The molecule has 0 aromatic heterocycles. The monoisotopic (exact) mass is 446 g/mol. The summed E-state index contributed by atoms with van der Waals surface area (Å²) >= 11 is 0. The van der Waals surface area contributed by atoms with Gasteiger partial charge in [-0.2, -0.15) is 0 Å². The van der Waals surface area contributed by atoms with Crippen molar-refractivity contribution >= 4 is 17.5 Å². The summed E-state index contributed by atoms with van der Waals surface area (Å²) in [5.74, 6) is 0.330. The number of nitrogens with zero attached hydrogens (tertiary/aromatic N) is 3. The molecule has 7 nitrogen and oxygen atoms in total. The Labute approximate surface area is 189 Å². The molecule has 3 fully saturated rings. The fourth-order valence-electron chi connectivity index (χ4n) is 4.64. The lowest BCUT2D eigenvalue weighted by Crippen LogP contribution is -2.50. The highest BCUT2D eigenvalue weighted by molar-refractivity contribution is 6.08. The lowest BCUT2D eigenvalue weighted by molar-refractivity contribution is -0.140. The quantitative estimate of drug-likeness (QED) is 0.557. The van der Waals surface area contributed by atoms with Gasteiger partial charge in [-0.1, -0.05) is 6.92 Å². The predicted octanol–water partition coefficient (Wildman–Crippen LogP) is 2.40.